The monoisotopic (exact) mass is 314 g/mol. The SMILES string of the molecule is COc1ccc(C(=O)OCC(=O)NC(C)c2ccccc2)cn1. The van der Waals surface area contributed by atoms with Gasteiger partial charge >= 0.3 is 5.97 Å². The molecule has 1 unspecified atom stereocenters. The molecule has 0 aliphatic carbocycles. The van der Waals surface area contributed by atoms with Gasteiger partial charge in [-0.05, 0) is 18.6 Å². The fourth-order valence-electron chi connectivity index (χ4n) is 1.94. The van der Waals surface area contributed by atoms with Crippen LogP contribution >= 0.6 is 0 Å². The highest BCUT2D eigenvalue weighted by Gasteiger charge is 2.13. The van der Waals surface area contributed by atoms with Crippen LogP contribution in [0, 0.1) is 0 Å². The lowest BCUT2D eigenvalue weighted by atomic mass is 10.1. The van der Waals surface area contributed by atoms with E-state index in [4.69, 9.17) is 9.47 Å². The molecule has 0 bridgehead atoms. The number of carbonyl (C=O) groups is 2. The molecular weight excluding hydrogens is 296 g/mol. The average Bonchev–Trinajstić information content (AvgIpc) is 2.60. The van der Waals surface area contributed by atoms with Crippen LogP contribution < -0.4 is 10.1 Å². The summed E-state index contributed by atoms with van der Waals surface area (Å²) >= 11 is 0. The number of amides is 1. The van der Waals surface area contributed by atoms with E-state index in [1.807, 2.05) is 37.3 Å². The van der Waals surface area contributed by atoms with E-state index in [1.54, 1.807) is 6.07 Å². The number of aromatic nitrogens is 1. The molecule has 1 atom stereocenters. The molecule has 6 nitrogen and oxygen atoms in total. The Balaban J connectivity index is 1.82. The maximum Gasteiger partial charge on any atom is 0.340 e. The second-order valence-corrected chi connectivity index (χ2v) is 4.87. The summed E-state index contributed by atoms with van der Waals surface area (Å²) in [6.07, 6.45) is 1.34. The lowest BCUT2D eigenvalue weighted by Crippen LogP contribution is -2.31. The van der Waals surface area contributed by atoms with Crippen molar-refractivity contribution in [2.75, 3.05) is 13.7 Å². The maximum atomic E-state index is 11.8. The Labute approximate surface area is 134 Å². The van der Waals surface area contributed by atoms with E-state index in [2.05, 4.69) is 10.3 Å². The van der Waals surface area contributed by atoms with E-state index >= 15 is 0 Å². The molecule has 1 aromatic heterocycles. The number of nitrogens with zero attached hydrogens (tertiary/aromatic N) is 1. The predicted octanol–water partition coefficient (Wildman–Crippen LogP) is 2.12. The zero-order valence-corrected chi connectivity index (χ0v) is 13.0. The van der Waals surface area contributed by atoms with Gasteiger partial charge in [-0.25, -0.2) is 9.78 Å². The van der Waals surface area contributed by atoms with Crippen molar-refractivity contribution in [1.82, 2.24) is 10.3 Å². The molecule has 0 spiro atoms. The number of hydrogen-bond donors (Lipinski definition) is 1. The summed E-state index contributed by atoms with van der Waals surface area (Å²) in [5.41, 5.74) is 1.24. The van der Waals surface area contributed by atoms with Crippen molar-refractivity contribution >= 4 is 11.9 Å². The van der Waals surface area contributed by atoms with Gasteiger partial charge in [0.15, 0.2) is 6.61 Å². The Morgan fingerprint density at radius 3 is 2.52 bits per heavy atom. The predicted molar refractivity (Wildman–Crippen MR) is 84.1 cm³/mol. The van der Waals surface area contributed by atoms with E-state index in [9.17, 15) is 9.59 Å². The molecule has 0 aliphatic heterocycles. The number of methoxy groups -OCH3 is 1. The molecule has 2 rings (SSSR count). The van der Waals surface area contributed by atoms with Gasteiger partial charge in [0.25, 0.3) is 5.91 Å². The molecule has 0 radical (unpaired) electrons. The minimum absolute atomic E-state index is 0.162. The first-order chi connectivity index (χ1) is 11.1. The van der Waals surface area contributed by atoms with E-state index in [0.717, 1.165) is 5.56 Å². The van der Waals surface area contributed by atoms with Gasteiger partial charge in [-0.15, -0.1) is 0 Å². The molecule has 6 heteroatoms. The Bertz CT molecular complexity index is 656. The van der Waals surface area contributed by atoms with Crippen LogP contribution in [0.4, 0.5) is 0 Å². The first-order valence-electron chi connectivity index (χ1n) is 7.11. The highest BCUT2D eigenvalue weighted by molar-refractivity contribution is 5.91. The third kappa shape index (κ3) is 4.81. The summed E-state index contributed by atoms with van der Waals surface area (Å²) in [5, 5.41) is 2.77. The molecule has 2 aromatic rings. The average molecular weight is 314 g/mol. The van der Waals surface area contributed by atoms with Gasteiger partial charge in [0.1, 0.15) is 0 Å². The lowest BCUT2D eigenvalue weighted by molar-refractivity contribution is -0.124. The van der Waals surface area contributed by atoms with Gasteiger partial charge in [-0.1, -0.05) is 30.3 Å². The first-order valence-corrected chi connectivity index (χ1v) is 7.11. The minimum Gasteiger partial charge on any atom is -0.481 e. The second kappa shape index (κ2) is 7.93. The summed E-state index contributed by atoms with van der Waals surface area (Å²) < 4.78 is 9.87. The van der Waals surface area contributed by atoms with Crippen molar-refractivity contribution in [3.05, 3.63) is 59.8 Å². The van der Waals surface area contributed by atoms with Gasteiger partial charge in [0.05, 0.1) is 18.7 Å². The molecule has 1 amide bonds. The number of ether oxygens (including phenoxy) is 2. The van der Waals surface area contributed by atoms with Crippen molar-refractivity contribution < 1.29 is 19.1 Å². The molecule has 1 heterocycles. The second-order valence-electron chi connectivity index (χ2n) is 4.87. The number of hydrogen-bond acceptors (Lipinski definition) is 5. The van der Waals surface area contributed by atoms with Gasteiger partial charge in [-0.2, -0.15) is 0 Å². The van der Waals surface area contributed by atoms with E-state index in [-0.39, 0.29) is 24.1 Å². The van der Waals surface area contributed by atoms with Gasteiger partial charge < -0.3 is 14.8 Å². The van der Waals surface area contributed by atoms with E-state index in [1.165, 1.54) is 19.4 Å². The highest BCUT2D eigenvalue weighted by Crippen LogP contribution is 2.11. The lowest BCUT2D eigenvalue weighted by Gasteiger charge is -2.14. The van der Waals surface area contributed by atoms with Crippen LogP contribution in [-0.4, -0.2) is 30.6 Å². The fourth-order valence-corrected chi connectivity index (χ4v) is 1.94. The molecule has 0 saturated carbocycles. The maximum absolute atomic E-state index is 11.8. The Kier molecular flexibility index (Phi) is 5.68. The largest absolute Gasteiger partial charge is 0.481 e. The van der Waals surface area contributed by atoms with Crippen molar-refractivity contribution in [3.63, 3.8) is 0 Å². The normalized spacial score (nSPS) is 11.4. The molecule has 1 N–H and O–H groups in total. The van der Waals surface area contributed by atoms with E-state index in [0.29, 0.717) is 5.88 Å². The van der Waals surface area contributed by atoms with Crippen molar-refractivity contribution in [2.45, 2.75) is 13.0 Å². The Morgan fingerprint density at radius 1 is 1.17 bits per heavy atom. The molecule has 23 heavy (non-hydrogen) atoms. The Morgan fingerprint density at radius 2 is 1.91 bits per heavy atom. The van der Waals surface area contributed by atoms with Crippen molar-refractivity contribution in [3.8, 4) is 5.88 Å². The highest BCUT2D eigenvalue weighted by atomic mass is 16.5. The van der Waals surface area contributed by atoms with Crippen LogP contribution in [0.2, 0.25) is 0 Å². The number of nitrogens with one attached hydrogen (secondary N) is 1. The Hall–Kier alpha value is -2.89. The smallest absolute Gasteiger partial charge is 0.340 e. The van der Waals surface area contributed by atoms with Crippen LogP contribution in [0.3, 0.4) is 0 Å². The van der Waals surface area contributed by atoms with Crippen LogP contribution in [0.1, 0.15) is 28.9 Å². The number of carbonyl (C=O) groups excluding carboxylic acids is 2. The van der Waals surface area contributed by atoms with E-state index < -0.39 is 5.97 Å². The zero-order chi connectivity index (χ0) is 16.7. The van der Waals surface area contributed by atoms with Crippen LogP contribution in [-0.2, 0) is 9.53 Å². The fraction of sp³-hybridized carbons (Fsp3) is 0.235. The molecule has 120 valence electrons. The van der Waals surface area contributed by atoms with Crippen LogP contribution in [0.25, 0.3) is 0 Å². The third-order valence-corrected chi connectivity index (χ3v) is 3.19. The number of esters is 1. The third-order valence-electron chi connectivity index (χ3n) is 3.19. The number of rotatable bonds is 6. The molecule has 0 saturated heterocycles. The van der Waals surface area contributed by atoms with Crippen LogP contribution in [0.15, 0.2) is 48.7 Å². The standard InChI is InChI=1S/C17H18N2O4/c1-12(13-6-4-3-5-7-13)19-15(20)11-23-17(21)14-8-9-16(22-2)18-10-14/h3-10,12H,11H2,1-2H3,(H,19,20). The van der Waals surface area contributed by atoms with Gasteiger partial charge in [-0.3, -0.25) is 4.79 Å². The summed E-state index contributed by atoms with van der Waals surface area (Å²) in [6.45, 7) is 1.52. The molecule has 1 aromatic carbocycles. The summed E-state index contributed by atoms with van der Waals surface area (Å²) in [6, 6.07) is 12.4. The zero-order valence-electron chi connectivity index (χ0n) is 13.0. The quantitative estimate of drug-likeness (QED) is 0.826. The van der Waals surface area contributed by atoms with Gasteiger partial charge in [0.2, 0.25) is 5.88 Å². The first kappa shape index (κ1) is 16.5. The summed E-state index contributed by atoms with van der Waals surface area (Å²) in [5.74, 6) is -0.574. The van der Waals surface area contributed by atoms with Crippen molar-refractivity contribution in [1.29, 1.82) is 0 Å². The van der Waals surface area contributed by atoms with Gasteiger partial charge in [0, 0.05) is 12.3 Å². The molecular formula is C17H18N2O4. The van der Waals surface area contributed by atoms with Crippen molar-refractivity contribution in [2.24, 2.45) is 0 Å². The topological polar surface area (TPSA) is 77.5 Å². The summed E-state index contributed by atoms with van der Waals surface area (Å²) in [7, 11) is 1.48. The minimum atomic E-state index is -0.609. The molecule has 0 fully saturated rings. The summed E-state index contributed by atoms with van der Waals surface area (Å²) in [4.78, 5) is 27.6. The molecule has 0 aliphatic rings. The number of benzene rings is 1. The van der Waals surface area contributed by atoms with Crippen LogP contribution in [0.5, 0.6) is 5.88 Å². The number of pyridine rings is 1.